The van der Waals surface area contributed by atoms with Crippen LogP contribution in [0.2, 0.25) is 0 Å². The molecular formula is C21H24ClN4-. The summed E-state index contributed by atoms with van der Waals surface area (Å²) in [7, 11) is 0. The molecule has 1 saturated heterocycles. The molecule has 5 heteroatoms. The third-order valence-corrected chi connectivity index (χ3v) is 4.72. The van der Waals surface area contributed by atoms with E-state index >= 15 is 0 Å². The zero-order chi connectivity index (χ0) is 17.2. The highest BCUT2D eigenvalue weighted by Crippen LogP contribution is 2.28. The number of aromatic nitrogens is 2. The van der Waals surface area contributed by atoms with Crippen LogP contribution in [0.15, 0.2) is 42.5 Å². The molecule has 0 spiro atoms. The number of hydrogen-bond acceptors (Lipinski definition) is 4. The number of para-hydroxylation sites is 1. The Morgan fingerprint density at radius 3 is 2.31 bits per heavy atom. The monoisotopic (exact) mass is 367 g/mol. The topological polar surface area (TPSA) is 41.1 Å². The maximum Gasteiger partial charge on any atom is 0.229 e. The van der Waals surface area contributed by atoms with Crippen molar-refractivity contribution >= 4 is 28.4 Å². The first-order valence-corrected chi connectivity index (χ1v) is 9.06. The zero-order valence-electron chi connectivity index (χ0n) is 15.3. The summed E-state index contributed by atoms with van der Waals surface area (Å²) in [6.07, 6.45) is 3.78. The molecule has 1 fully saturated rings. The van der Waals surface area contributed by atoms with E-state index in [2.05, 4.69) is 60.5 Å². The molecule has 0 radical (unpaired) electrons. The van der Waals surface area contributed by atoms with E-state index in [9.17, 15) is 0 Å². The third kappa shape index (κ3) is 3.91. The fraction of sp³-hybridized carbons (Fsp3) is 0.333. The lowest BCUT2D eigenvalue weighted by Gasteiger charge is -2.29. The number of piperidine rings is 1. The predicted molar refractivity (Wildman–Crippen MR) is 105 cm³/mol. The molecule has 0 atom stereocenters. The Bertz CT molecular complexity index is 883. The van der Waals surface area contributed by atoms with Crippen molar-refractivity contribution in [3.63, 3.8) is 0 Å². The Kier molecular flexibility index (Phi) is 5.62. The minimum absolute atomic E-state index is 0. The molecule has 136 valence electrons. The second-order valence-corrected chi connectivity index (χ2v) is 6.94. The molecule has 1 aliphatic heterocycles. The Morgan fingerprint density at radius 1 is 0.885 bits per heavy atom. The van der Waals surface area contributed by atoms with E-state index in [1.165, 1.54) is 30.4 Å². The van der Waals surface area contributed by atoms with Crippen LogP contribution in [-0.2, 0) is 0 Å². The van der Waals surface area contributed by atoms with E-state index in [-0.39, 0.29) is 12.4 Å². The summed E-state index contributed by atoms with van der Waals surface area (Å²) in [6, 6.07) is 14.7. The number of aryl methyl sites for hydroxylation is 2. The largest absolute Gasteiger partial charge is 1.00 e. The van der Waals surface area contributed by atoms with E-state index in [4.69, 9.17) is 9.97 Å². The fourth-order valence-corrected chi connectivity index (χ4v) is 3.64. The van der Waals surface area contributed by atoms with Crippen LogP contribution in [0, 0.1) is 13.8 Å². The summed E-state index contributed by atoms with van der Waals surface area (Å²) in [5, 5.41) is 4.54. The highest BCUT2D eigenvalue weighted by molar-refractivity contribution is 5.90. The van der Waals surface area contributed by atoms with E-state index in [1.54, 1.807) is 0 Å². The van der Waals surface area contributed by atoms with Crippen LogP contribution in [0.1, 0.15) is 30.4 Å². The molecule has 1 N–H and O–H groups in total. The average molecular weight is 368 g/mol. The van der Waals surface area contributed by atoms with E-state index in [1.807, 2.05) is 6.07 Å². The summed E-state index contributed by atoms with van der Waals surface area (Å²) in [4.78, 5) is 12.0. The van der Waals surface area contributed by atoms with Crippen molar-refractivity contribution in [3.05, 3.63) is 53.6 Å². The van der Waals surface area contributed by atoms with Crippen molar-refractivity contribution in [3.8, 4) is 0 Å². The Balaban J connectivity index is 0.00000196. The van der Waals surface area contributed by atoms with Gasteiger partial charge >= 0.3 is 0 Å². The molecule has 2 aromatic carbocycles. The van der Waals surface area contributed by atoms with Crippen molar-refractivity contribution < 1.29 is 12.4 Å². The first kappa shape index (κ1) is 18.5. The minimum Gasteiger partial charge on any atom is -1.00 e. The van der Waals surface area contributed by atoms with Gasteiger partial charge in [0, 0.05) is 24.2 Å². The Labute approximate surface area is 161 Å². The fourth-order valence-electron chi connectivity index (χ4n) is 3.64. The summed E-state index contributed by atoms with van der Waals surface area (Å²) < 4.78 is 0. The normalized spacial score (nSPS) is 14.2. The molecule has 1 aliphatic rings. The van der Waals surface area contributed by atoms with Crippen LogP contribution in [0.25, 0.3) is 10.9 Å². The molecule has 26 heavy (non-hydrogen) atoms. The van der Waals surface area contributed by atoms with Crippen molar-refractivity contribution in [2.24, 2.45) is 0 Å². The summed E-state index contributed by atoms with van der Waals surface area (Å²) in [6.45, 7) is 6.37. The first-order chi connectivity index (χ1) is 12.2. The molecule has 3 aromatic rings. The Hall–Kier alpha value is -2.33. The van der Waals surface area contributed by atoms with E-state index in [0.717, 1.165) is 35.5 Å². The number of nitrogens with one attached hydrogen (secondary N) is 1. The van der Waals surface area contributed by atoms with Gasteiger partial charge < -0.3 is 22.6 Å². The van der Waals surface area contributed by atoms with Crippen molar-refractivity contribution in [1.82, 2.24) is 9.97 Å². The highest BCUT2D eigenvalue weighted by atomic mass is 35.5. The van der Waals surface area contributed by atoms with Gasteiger partial charge in [-0.1, -0.05) is 18.2 Å². The molecule has 0 aliphatic carbocycles. The number of halogens is 1. The lowest BCUT2D eigenvalue weighted by molar-refractivity contribution is -0.00000532. The second-order valence-electron chi connectivity index (χ2n) is 6.94. The van der Waals surface area contributed by atoms with Gasteiger partial charge in [0.1, 0.15) is 5.82 Å². The lowest BCUT2D eigenvalue weighted by atomic mass is 10.1. The number of nitrogens with zero attached hydrogens (tertiary/aromatic N) is 3. The summed E-state index contributed by atoms with van der Waals surface area (Å²) in [5.74, 6) is 1.72. The van der Waals surface area contributed by atoms with Crippen molar-refractivity contribution in [2.45, 2.75) is 33.1 Å². The van der Waals surface area contributed by atoms with Crippen LogP contribution in [0.3, 0.4) is 0 Å². The number of fused-ring (bicyclic) bond motifs is 1. The van der Waals surface area contributed by atoms with E-state index in [0.29, 0.717) is 5.95 Å². The smallest absolute Gasteiger partial charge is 0.229 e. The number of rotatable bonds is 3. The number of anilines is 3. The van der Waals surface area contributed by atoms with Gasteiger partial charge in [0.05, 0.1) is 5.52 Å². The maximum absolute atomic E-state index is 4.88. The molecule has 0 unspecified atom stereocenters. The molecule has 0 bridgehead atoms. The third-order valence-electron chi connectivity index (χ3n) is 4.72. The van der Waals surface area contributed by atoms with Gasteiger partial charge in [0.25, 0.3) is 0 Å². The van der Waals surface area contributed by atoms with Gasteiger partial charge in [0.15, 0.2) is 0 Å². The molecule has 4 nitrogen and oxygen atoms in total. The van der Waals surface area contributed by atoms with Gasteiger partial charge in [-0.05, 0) is 68.5 Å². The summed E-state index contributed by atoms with van der Waals surface area (Å²) >= 11 is 0. The molecule has 0 amide bonds. The van der Waals surface area contributed by atoms with E-state index < -0.39 is 0 Å². The predicted octanol–water partition coefficient (Wildman–Crippen LogP) is 1.98. The Morgan fingerprint density at radius 2 is 1.58 bits per heavy atom. The number of hydrogen-bond donors (Lipinski definition) is 1. The second kappa shape index (κ2) is 7.92. The molecule has 0 saturated carbocycles. The van der Waals surface area contributed by atoms with Crippen LogP contribution in [-0.4, -0.2) is 23.1 Å². The standard InChI is InChI=1S/C21H24N4.ClH/c1-15-12-16(2)14-17(13-15)22-21-23-19-9-5-4-8-18(19)20(24-21)25-10-6-3-7-11-25;/h4-5,8-9,12-14H,3,6-7,10-11H2,1-2H3,(H,22,23,24);1H/p-1. The molecule has 1 aromatic heterocycles. The first-order valence-electron chi connectivity index (χ1n) is 9.06. The molecular weight excluding hydrogens is 344 g/mol. The zero-order valence-corrected chi connectivity index (χ0v) is 16.1. The quantitative estimate of drug-likeness (QED) is 0.768. The van der Waals surface area contributed by atoms with Crippen LogP contribution in [0.5, 0.6) is 0 Å². The van der Waals surface area contributed by atoms with Gasteiger partial charge in [0.2, 0.25) is 5.95 Å². The number of benzene rings is 2. The maximum atomic E-state index is 4.88. The lowest BCUT2D eigenvalue weighted by Crippen LogP contribution is -3.00. The van der Waals surface area contributed by atoms with Crippen molar-refractivity contribution in [1.29, 1.82) is 0 Å². The van der Waals surface area contributed by atoms with Crippen LogP contribution in [0.4, 0.5) is 17.5 Å². The van der Waals surface area contributed by atoms with Crippen molar-refractivity contribution in [2.75, 3.05) is 23.3 Å². The van der Waals surface area contributed by atoms with Crippen LogP contribution < -0.4 is 22.6 Å². The minimum atomic E-state index is 0. The molecule has 2 heterocycles. The van der Waals surface area contributed by atoms with Gasteiger partial charge in [-0.25, -0.2) is 4.98 Å². The van der Waals surface area contributed by atoms with Gasteiger partial charge in [-0.15, -0.1) is 0 Å². The SMILES string of the molecule is Cc1cc(C)cc(Nc2nc(N3CCCCC3)c3ccccc3n2)c1.[Cl-]. The average Bonchev–Trinajstić information content (AvgIpc) is 2.61. The summed E-state index contributed by atoms with van der Waals surface area (Å²) in [5.41, 5.74) is 4.50. The van der Waals surface area contributed by atoms with Gasteiger partial charge in [-0.3, -0.25) is 0 Å². The van der Waals surface area contributed by atoms with Crippen LogP contribution >= 0.6 is 0 Å². The highest BCUT2D eigenvalue weighted by Gasteiger charge is 2.17. The van der Waals surface area contributed by atoms with Gasteiger partial charge in [-0.2, -0.15) is 4.98 Å². The molecule has 4 rings (SSSR count).